The van der Waals surface area contributed by atoms with Gasteiger partial charge in [0.2, 0.25) is 5.75 Å². The van der Waals surface area contributed by atoms with Crippen molar-refractivity contribution in [1.29, 1.82) is 0 Å². The van der Waals surface area contributed by atoms with Gasteiger partial charge in [-0.15, -0.1) is 0 Å². The van der Waals surface area contributed by atoms with Gasteiger partial charge in [0.25, 0.3) is 0 Å². The molecule has 0 aliphatic rings. The van der Waals surface area contributed by atoms with Gasteiger partial charge in [-0.1, -0.05) is 0 Å². The zero-order valence-corrected chi connectivity index (χ0v) is 16.9. The molecule has 0 unspecified atom stereocenters. The SMILES string of the molecule is COc1cc(S(C)(=O)=O)ncc1N.COc1cc(S(C)(=O)=O)ncc1[N+](=O)[O-]. The standard InChI is InChI=1S/C7H8N2O5S.C7H10N2O3S/c1-14-6-3-7(15(2,12)13)8-4-5(6)9(10)11;1-12-6-3-7(13(2,10)11)9-4-5(6)8/h3-4H,1-2H3;3-4H,8H2,1-2H3. The van der Waals surface area contributed by atoms with Gasteiger partial charge in [-0.3, -0.25) is 10.1 Å². The average Bonchev–Trinajstić information content (AvgIpc) is 2.60. The summed E-state index contributed by atoms with van der Waals surface area (Å²) < 4.78 is 53.8. The van der Waals surface area contributed by atoms with E-state index in [0.717, 1.165) is 24.8 Å². The fourth-order valence-corrected chi connectivity index (χ4v) is 2.85. The van der Waals surface area contributed by atoms with Crippen LogP contribution in [0.15, 0.2) is 34.6 Å². The molecule has 14 heteroatoms. The highest BCUT2D eigenvalue weighted by Crippen LogP contribution is 2.27. The molecule has 2 aromatic heterocycles. The zero-order valence-electron chi connectivity index (χ0n) is 15.3. The highest BCUT2D eigenvalue weighted by atomic mass is 32.2. The molecule has 0 saturated carbocycles. The first-order valence-electron chi connectivity index (χ1n) is 7.19. The van der Waals surface area contributed by atoms with E-state index in [0.29, 0.717) is 11.4 Å². The molecular weight excluding hydrogens is 416 g/mol. The Balaban J connectivity index is 0.000000283. The lowest BCUT2D eigenvalue weighted by molar-refractivity contribution is -0.386. The largest absolute Gasteiger partial charge is 0.494 e. The number of hydrogen-bond donors (Lipinski definition) is 1. The van der Waals surface area contributed by atoms with Gasteiger partial charge >= 0.3 is 5.69 Å². The molecule has 0 aliphatic heterocycles. The van der Waals surface area contributed by atoms with E-state index in [1.807, 2.05) is 0 Å². The second-order valence-electron chi connectivity index (χ2n) is 5.26. The van der Waals surface area contributed by atoms with Crippen molar-refractivity contribution in [2.75, 3.05) is 32.5 Å². The number of methoxy groups -OCH3 is 2. The number of nitro groups is 1. The number of nitrogens with two attached hydrogens (primary N) is 1. The maximum Gasteiger partial charge on any atom is 0.329 e. The van der Waals surface area contributed by atoms with E-state index in [1.54, 1.807) is 0 Å². The Morgan fingerprint density at radius 2 is 1.36 bits per heavy atom. The number of aromatic nitrogens is 2. The molecule has 12 nitrogen and oxygen atoms in total. The van der Waals surface area contributed by atoms with Gasteiger partial charge < -0.3 is 15.2 Å². The summed E-state index contributed by atoms with van der Waals surface area (Å²) in [6.07, 6.45) is 4.15. The van der Waals surface area contributed by atoms with E-state index in [1.165, 1.54) is 26.5 Å². The summed E-state index contributed by atoms with van der Waals surface area (Å²) in [6.45, 7) is 0. The second kappa shape index (κ2) is 8.79. The number of rotatable bonds is 5. The van der Waals surface area contributed by atoms with Crippen LogP contribution >= 0.6 is 0 Å². The Bertz CT molecular complexity index is 1080. The summed E-state index contributed by atoms with van der Waals surface area (Å²) in [6, 6.07) is 2.32. The minimum atomic E-state index is -3.49. The smallest absolute Gasteiger partial charge is 0.329 e. The zero-order chi connectivity index (χ0) is 21.7. The topological polar surface area (TPSA) is 182 Å². The molecule has 2 heterocycles. The summed E-state index contributed by atoms with van der Waals surface area (Å²) in [5.41, 5.74) is 5.41. The van der Waals surface area contributed by atoms with E-state index in [4.69, 9.17) is 15.2 Å². The fourth-order valence-electron chi connectivity index (χ4n) is 1.72. The van der Waals surface area contributed by atoms with Gasteiger partial charge in [0, 0.05) is 24.6 Å². The summed E-state index contributed by atoms with van der Waals surface area (Å²) in [7, 11) is -4.16. The van der Waals surface area contributed by atoms with E-state index in [9.17, 15) is 26.9 Å². The van der Waals surface area contributed by atoms with Crippen molar-refractivity contribution in [2.24, 2.45) is 0 Å². The lowest BCUT2D eigenvalue weighted by Crippen LogP contribution is -2.03. The normalized spacial score (nSPS) is 11.1. The van der Waals surface area contributed by atoms with E-state index in [2.05, 4.69) is 9.97 Å². The van der Waals surface area contributed by atoms with Gasteiger partial charge in [-0.25, -0.2) is 26.8 Å². The summed E-state index contributed by atoms with van der Waals surface area (Å²) in [4.78, 5) is 16.9. The molecular formula is C14H18N4O8S2. The molecule has 0 aromatic carbocycles. The van der Waals surface area contributed by atoms with Crippen LogP contribution in [-0.2, 0) is 19.7 Å². The summed E-state index contributed by atoms with van der Waals surface area (Å²) in [5, 5.41) is 10.2. The maximum absolute atomic E-state index is 11.1. The summed E-state index contributed by atoms with van der Waals surface area (Å²) in [5.74, 6) is 0.186. The number of ether oxygens (including phenoxy) is 2. The quantitative estimate of drug-likeness (QED) is 0.510. The lowest BCUT2D eigenvalue weighted by Gasteiger charge is -2.04. The highest BCUT2D eigenvalue weighted by Gasteiger charge is 2.19. The first kappa shape index (κ1) is 23.0. The molecule has 0 fully saturated rings. The van der Waals surface area contributed by atoms with Crippen molar-refractivity contribution in [3.05, 3.63) is 34.6 Å². The van der Waals surface area contributed by atoms with Gasteiger partial charge in [-0.2, -0.15) is 0 Å². The minimum Gasteiger partial charge on any atom is -0.494 e. The molecule has 0 bridgehead atoms. The predicted octanol–water partition coefficient (Wildman–Crippen LogP) is 0.478. The van der Waals surface area contributed by atoms with Crippen molar-refractivity contribution in [1.82, 2.24) is 9.97 Å². The number of sulfone groups is 2. The van der Waals surface area contributed by atoms with Gasteiger partial charge in [-0.05, 0) is 0 Å². The van der Waals surface area contributed by atoms with E-state index >= 15 is 0 Å². The molecule has 2 aromatic rings. The fraction of sp³-hybridized carbons (Fsp3) is 0.286. The Hall–Kier alpha value is -3.00. The Morgan fingerprint density at radius 3 is 1.75 bits per heavy atom. The Labute approximate surface area is 161 Å². The molecule has 28 heavy (non-hydrogen) atoms. The third kappa shape index (κ3) is 6.02. The molecule has 0 radical (unpaired) electrons. The molecule has 2 N–H and O–H groups in total. The van der Waals surface area contributed by atoms with Crippen LogP contribution in [0.5, 0.6) is 11.5 Å². The van der Waals surface area contributed by atoms with Gasteiger partial charge in [0.1, 0.15) is 11.9 Å². The first-order chi connectivity index (χ1) is 12.8. The van der Waals surface area contributed by atoms with Crippen molar-refractivity contribution in [3.63, 3.8) is 0 Å². The van der Waals surface area contributed by atoms with Gasteiger partial charge in [0.05, 0.1) is 31.0 Å². The predicted molar refractivity (Wildman–Crippen MR) is 98.9 cm³/mol. The number of anilines is 1. The van der Waals surface area contributed by atoms with E-state index in [-0.39, 0.29) is 21.5 Å². The third-order valence-electron chi connectivity index (χ3n) is 3.09. The Kier molecular flexibility index (Phi) is 7.23. The molecule has 154 valence electrons. The monoisotopic (exact) mass is 434 g/mol. The van der Waals surface area contributed by atoms with Crippen LogP contribution in [0.25, 0.3) is 0 Å². The first-order valence-corrected chi connectivity index (χ1v) is 11.0. The third-order valence-corrected chi connectivity index (χ3v) is 5.05. The van der Waals surface area contributed by atoms with Crippen molar-refractivity contribution >= 4 is 31.0 Å². The lowest BCUT2D eigenvalue weighted by atomic mass is 10.4. The minimum absolute atomic E-state index is 0.0430. The van der Waals surface area contributed by atoms with Crippen LogP contribution in [0, 0.1) is 10.1 Å². The highest BCUT2D eigenvalue weighted by molar-refractivity contribution is 7.90. The molecule has 0 aliphatic carbocycles. The molecule has 0 spiro atoms. The van der Waals surface area contributed by atoms with Crippen LogP contribution < -0.4 is 15.2 Å². The van der Waals surface area contributed by atoms with Crippen LogP contribution in [-0.4, -0.2) is 58.5 Å². The second-order valence-corrected chi connectivity index (χ2v) is 9.19. The summed E-state index contributed by atoms with van der Waals surface area (Å²) >= 11 is 0. The van der Waals surface area contributed by atoms with Crippen LogP contribution in [0.2, 0.25) is 0 Å². The maximum atomic E-state index is 11.1. The van der Waals surface area contributed by atoms with Crippen LogP contribution in [0.4, 0.5) is 11.4 Å². The van der Waals surface area contributed by atoms with Crippen LogP contribution in [0.1, 0.15) is 0 Å². The van der Waals surface area contributed by atoms with Crippen molar-refractivity contribution in [3.8, 4) is 11.5 Å². The molecule has 0 saturated heterocycles. The van der Waals surface area contributed by atoms with Crippen LogP contribution in [0.3, 0.4) is 0 Å². The molecule has 0 atom stereocenters. The Morgan fingerprint density at radius 1 is 0.929 bits per heavy atom. The average molecular weight is 434 g/mol. The van der Waals surface area contributed by atoms with Gasteiger partial charge in [0.15, 0.2) is 29.7 Å². The van der Waals surface area contributed by atoms with E-state index < -0.39 is 24.6 Å². The number of hydrogen-bond acceptors (Lipinski definition) is 11. The number of nitrogen functional groups attached to an aromatic ring is 1. The molecule has 2 rings (SSSR count). The van der Waals surface area contributed by atoms with Crippen molar-refractivity contribution < 1.29 is 31.2 Å². The molecule has 0 amide bonds. The number of nitrogens with zero attached hydrogens (tertiary/aromatic N) is 3. The van der Waals surface area contributed by atoms with Crippen molar-refractivity contribution in [2.45, 2.75) is 10.1 Å². The number of pyridine rings is 2.